The van der Waals surface area contributed by atoms with Crippen molar-refractivity contribution in [2.24, 2.45) is 0 Å². The average Bonchev–Trinajstić information content (AvgIpc) is 2.79. The number of amides is 2. The second kappa shape index (κ2) is 12.5. The van der Waals surface area contributed by atoms with Gasteiger partial charge in [-0.05, 0) is 74.1 Å². The van der Waals surface area contributed by atoms with Gasteiger partial charge in [-0.15, -0.1) is 0 Å². The molecule has 1 N–H and O–H groups in total. The Balaban J connectivity index is 1.79. The molecule has 1 fully saturated rings. The number of ether oxygens (including phenoxy) is 1. The summed E-state index contributed by atoms with van der Waals surface area (Å²) in [6.45, 7) is 5.98. The summed E-state index contributed by atoms with van der Waals surface area (Å²) in [5, 5.41) is 4.04. The number of aryl methyl sites for hydroxylation is 2. The van der Waals surface area contributed by atoms with Gasteiger partial charge in [-0.25, -0.2) is 0 Å². The van der Waals surface area contributed by atoms with Gasteiger partial charge < -0.3 is 15.0 Å². The molecule has 1 atom stereocenters. The van der Waals surface area contributed by atoms with Crippen LogP contribution < -0.4 is 10.1 Å². The van der Waals surface area contributed by atoms with Crippen LogP contribution in [0.25, 0.3) is 0 Å². The third-order valence-corrected chi connectivity index (χ3v) is 6.97. The fraction of sp³-hybridized carbons (Fsp3) is 0.481. The Morgan fingerprint density at radius 1 is 1.03 bits per heavy atom. The van der Waals surface area contributed by atoms with E-state index in [2.05, 4.69) is 5.32 Å². The Labute approximate surface area is 212 Å². The number of hydrogen-bond acceptors (Lipinski definition) is 3. The molecule has 1 saturated carbocycles. The number of carbonyl (C=O) groups is 2. The van der Waals surface area contributed by atoms with Gasteiger partial charge in [0, 0.05) is 12.6 Å². The van der Waals surface area contributed by atoms with Crippen LogP contribution in [0.5, 0.6) is 5.75 Å². The first-order valence-electron chi connectivity index (χ1n) is 12.0. The van der Waals surface area contributed by atoms with Crippen molar-refractivity contribution in [3.8, 4) is 5.75 Å². The van der Waals surface area contributed by atoms with Gasteiger partial charge in [0.05, 0.1) is 10.0 Å². The molecule has 0 unspecified atom stereocenters. The predicted octanol–water partition coefficient (Wildman–Crippen LogP) is 6.25. The van der Waals surface area contributed by atoms with Gasteiger partial charge in [0.1, 0.15) is 11.8 Å². The Hall–Kier alpha value is -2.24. The Morgan fingerprint density at radius 2 is 1.71 bits per heavy atom. The molecule has 0 radical (unpaired) electrons. The SMILES string of the molecule is CC[C@@H](C(=O)NC1CCCCC1)N(Cc1ccc(Cl)c(Cl)c1)C(=O)COc1cc(C)cc(C)c1. The summed E-state index contributed by atoms with van der Waals surface area (Å²) >= 11 is 12.3. The lowest BCUT2D eigenvalue weighted by Crippen LogP contribution is -2.52. The smallest absolute Gasteiger partial charge is 0.261 e. The van der Waals surface area contributed by atoms with Crippen LogP contribution >= 0.6 is 23.2 Å². The van der Waals surface area contributed by atoms with E-state index in [1.807, 2.05) is 45.0 Å². The maximum absolute atomic E-state index is 13.4. The minimum absolute atomic E-state index is 0.116. The number of nitrogens with zero attached hydrogens (tertiary/aromatic N) is 1. The van der Waals surface area contributed by atoms with Gasteiger partial charge in [0.25, 0.3) is 5.91 Å². The van der Waals surface area contributed by atoms with Crippen LogP contribution in [0, 0.1) is 13.8 Å². The molecule has 2 aromatic carbocycles. The summed E-state index contributed by atoms with van der Waals surface area (Å²) < 4.78 is 5.85. The van der Waals surface area contributed by atoms with E-state index in [4.69, 9.17) is 27.9 Å². The Morgan fingerprint density at radius 3 is 2.32 bits per heavy atom. The fourth-order valence-corrected chi connectivity index (χ4v) is 4.86. The summed E-state index contributed by atoms with van der Waals surface area (Å²) in [4.78, 5) is 28.3. The lowest BCUT2D eigenvalue weighted by molar-refractivity contribution is -0.143. The van der Waals surface area contributed by atoms with Crippen LogP contribution in [-0.4, -0.2) is 35.4 Å². The quantitative estimate of drug-likeness (QED) is 0.439. The number of hydrogen-bond donors (Lipinski definition) is 1. The predicted molar refractivity (Wildman–Crippen MR) is 138 cm³/mol. The minimum Gasteiger partial charge on any atom is -0.484 e. The second-order valence-corrected chi connectivity index (χ2v) is 9.96. The molecule has 0 saturated heterocycles. The second-order valence-electron chi connectivity index (χ2n) is 9.15. The fourth-order valence-electron chi connectivity index (χ4n) is 4.54. The first-order valence-corrected chi connectivity index (χ1v) is 12.8. The highest BCUT2D eigenvalue weighted by Gasteiger charge is 2.30. The van der Waals surface area contributed by atoms with E-state index < -0.39 is 6.04 Å². The number of halogens is 2. The van der Waals surface area contributed by atoms with Crippen molar-refractivity contribution in [2.75, 3.05) is 6.61 Å². The molecule has 5 nitrogen and oxygen atoms in total. The molecule has 0 spiro atoms. The molecule has 7 heteroatoms. The average molecular weight is 505 g/mol. The normalized spacial score (nSPS) is 15.0. The van der Waals surface area contributed by atoms with Crippen molar-refractivity contribution >= 4 is 35.0 Å². The summed E-state index contributed by atoms with van der Waals surface area (Å²) in [6.07, 6.45) is 5.92. The largest absolute Gasteiger partial charge is 0.484 e. The zero-order valence-electron chi connectivity index (χ0n) is 20.2. The van der Waals surface area contributed by atoms with E-state index in [-0.39, 0.29) is 31.0 Å². The van der Waals surface area contributed by atoms with Crippen molar-refractivity contribution in [3.05, 3.63) is 63.1 Å². The number of rotatable bonds is 9. The molecule has 184 valence electrons. The third kappa shape index (κ3) is 7.38. The van der Waals surface area contributed by atoms with Gasteiger partial charge in [0.2, 0.25) is 5.91 Å². The summed E-state index contributed by atoms with van der Waals surface area (Å²) in [5.74, 6) is 0.269. The molecule has 3 rings (SSSR count). The third-order valence-electron chi connectivity index (χ3n) is 6.23. The first-order chi connectivity index (χ1) is 16.3. The highest BCUT2D eigenvalue weighted by atomic mass is 35.5. The van der Waals surface area contributed by atoms with Crippen LogP contribution in [-0.2, 0) is 16.1 Å². The molecule has 0 aliphatic heterocycles. The van der Waals surface area contributed by atoms with Crippen LogP contribution in [0.15, 0.2) is 36.4 Å². The van der Waals surface area contributed by atoms with E-state index in [0.29, 0.717) is 22.2 Å². The van der Waals surface area contributed by atoms with Crippen molar-refractivity contribution in [2.45, 2.75) is 77.9 Å². The summed E-state index contributed by atoms with van der Waals surface area (Å²) in [6, 6.07) is 10.7. The van der Waals surface area contributed by atoms with Gasteiger partial charge in [0.15, 0.2) is 6.61 Å². The lowest BCUT2D eigenvalue weighted by Gasteiger charge is -2.32. The molecular weight excluding hydrogens is 471 g/mol. The van der Waals surface area contributed by atoms with Gasteiger partial charge >= 0.3 is 0 Å². The maximum Gasteiger partial charge on any atom is 0.261 e. The lowest BCUT2D eigenvalue weighted by atomic mass is 9.95. The van der Waals surface area contributed by atoms with E-state index >= 15 is 0 Å². The van der Waals surface area contributed by atoms with E-state index in [9.17, 15) is 9.59 Å². The number of nitrogens with one attached hydrogen (secondary N) is 1. The van der Waals surface area contributed by atoms with Crippen LogP contribution in [0.4, 0.5) is 0 Å². The molecule has 1 aliphatic rings. The van der Waals surface area contributed by atoms with Crippen molar-refractivity contribution in [3.63, 3.8) is 0 Å². The molecular formula is C27H34Cl2N2O3. The maximum atomic E-state index is 13.4. The molecule has 0 aromatic heterocycles. The highest BCUT2D eigenvalue weighted by Crippen LogP contribution is 2.25. The molecule has 1 aliphatic carbocycles. The Kier molecular flexibility index (Phi) is 9.66. The molecule has 0 bridgehead atoms. The van der Waals surface area contributed by atoms with Gasteiger partial charge in [-0.3, -0.25) is 9.59 Å². The summed E-state index contributed by atoms with van der Waals surface area (Å²) in [7, 11) is 0. The van der Waals surface area contributed by atoms with Crippen LogP contribution in [0.2, 0.25) is 10.0 Å². The van der Waals surface area contributed by atoms with Crippen molar-refractivity contribution in [1.29, 1.82) is 0 Å². The van der Waals surface area contributed by atoms with E-state index in [1.165, 1.54) is 6.42 Å². The number of benzene rings is 2. The van der Waals surface area contributed by atoms with Crippen molar-refractivity contribution < 1.29 is 14.3 Å². The topological polar surface area (TPSA) is 58.6 Å². The molecule has 34 heavy (non-hydrogen) atoms. The standard InChI is InChI=1S/C27H34Cl2N2O3/c1-4-25(27(33)30-21-8-6-5-7-9-21)31(16-20-10-11-23(28)24(29)15-20)26(32)17-34-22-13-18(2)12-19(3)14-22/h10-15,21,25H,4-9,16-17H2,1-3H3,(H,30,33)/t25-/m0/s1. The molecule has 0 heterocycles. The van der Waals surface area contributed by atoms with Gasteiger partial charge in [-0.2, -0.15) is 0 Å². The Bertz CT molecular complexity index is 985. The van der Waals surface area contributed by atoms with Gasteiger partial charge in [-0.1, -0.05) is 61.5 Å². The van der Waals surface area contributed by atoms with E-state index in [0.717, 1.165) is 42.4 Å². The molecule has 2 aromatic rings. The zero-order chi connectivity index (χ0) is 24.7. The monoisotopic (exact) mass is 504 g/mol. The summed E-state index contributed by atoms with van der Waals surface area (Å²) in [5.41, 5.74) is 2.93. The van der Waals surface area contributed by atoms with Crippen LogP contribution in [0.1, 0.15) is 62.1 Å². The number of carbonyl (C=O) groups excluding carboxylic acids is 2. The van der Waals surface area contributed by atoms with E-state index in [1.54, 1.807) is 17.0 Å². The highest BCUT2D eigenvalue weighted by molar-refractivity contribution is 6.42. The van der Waals surface area contributed by atoms with Crippen molar-refractivity contribution in [1.82, 2.24) is 10.2 Å². The minimum atomic E-state index is -0.605. The molecule has 2 amide bonds. The zero-order valence-corrected chi connectivity index (χ0v) is 21.7. The first kappa shape index (κ1) is 26.4. The van der Waals surface area contributed by atoms with Crippen LogP contribution in [0.3, 0.4) is 0 Å².